The third kappa shape index (κ3) is 4.83. The molecule has 26 heavy (non-hydrogen) atoms. The molecule has 0 saturated heterocycles. The second kappa shape index (κ2) is 8.18. The number of rotatable bonds is 7. The van der Waals surface area contributed by atoms with E-state index in [9.17, 15) is 12.8 Å². The number of hydrogen-bond acceptors (Lipinski definition) is 4. The van der Waals surface area contributed by atoms with E-state index in [0.717, 1.165) is 19.3 Å². The van der Waals surface area contributed by atoms with Gasteiger partial charge in [0.1, 0.15) is 18.2 Å². The SMILES string of the molecule is CS(=O)(=O)c1cccc(OCCN[C@@H]2CCC[C@@H]2c2ccc(F)cc2)c1. The van der Waals surface area contributed by atoms with Crippen molar-refractivity contribution < 1.29 is 17.5 Å². The van der Waals surface area contributed by atoms with Gasteiger partial charge in [-0.2, -0.15) is 0 Å². The van der Waals surface area contributed by atoms with Gasteiger partial charge in [0.15, 0.2) is 9.84 Å². The number of sulfone groups is 1. The van der Waals surface area contributed by atoms with E-state index in [1.165, 1.54) is 24.0 Å². The Balaban J connectivity index is 1.51. The predicted molar refractivity (Wildman–Crippen MR) is 99.8 cm³/mol. The van der Waals surface area contributed by atoms with Crippen molar-refractivity contribution in [2.24, 2.45) is 0 Å². The van der Waals surface area contributed by atoms with Gasteiger partial charge in [0.05, 0.1) is 4.90 Å². The monoisotopic (exact) mass is 377 g/mol. The Bertz CT molecular complexity index is 836. The Morgan fingerprint density at radius 2 is 1.92 bits per heavy atom. The molecule has 0 radical (unpaired) electrons. The highest BCUT2D eigenvalue weighted by Gasteiger charge is 2.27. The molecule has 1 N–H and O–H groups in total. The van der Waals surface area contributed by atoms with Gasteiger partial charge in [0.25, 0.3) is 0 Å². The summed E-state index contributed by atoms with van der Waals surface area (Å²) in [6.07, 6.45) is 4.52. The van der Waals surface area contributed by atoms with E-state index in [-0.39, 0.29) is 10.7 Å². The van der Waals surface area contributed by atoms with Crippen LogP contribution in [0.5, 0.6) is 5.75 Å². The van der Waals surface area contributed by atoms with Gasteiger partial charge < -0.3 is 10.1 Å². The van der Waals surface area contributed by atoms with E-state index in [1.54, 1.807) is 24.3 Å². The summed E-state index contributed by atoms with van der Waals surface area (Å²) >= 11 is 0. The summed E-state index contributed by atoms with van der Waals surface area (Å²) in [7, 11) is -3.23. The van der Waals surface area contributed by atoms with Gasteiger partial charge in [-0.1, -0.05) is 24.6 Å². The summed E-state index contributed by atoms with van der Waals surface area (Å²) in [5.74, 6) is 0.737. The second-order valence-electron chi connectivity index (χ2n) is 6.75. The van der Waals surface area contributed by atoms with Crippen molar-refractivity contribution in [3.05, 3.63) is 59.9 Å². The molecule has 1 fully saturated rings. The lowest BCUT2D eigenvalue weighted by Gasteiger charge is -2.21. The second-order valence-corrected chi connectivity index (χ2v) is 8.76. The highest BCUT2D eigenvalue weighted by atomic mass is 32.2. The molecule has 140 valence electrons. The zero-order valence-corrected chi connectivity index (χ0v) is 15.6. The molecule has 4 nitrogen and oxygen atoms in total. The maximum Gasteiger partial charge on any atom is 0.175 e. The topological polar surface area (TPSA) is 55.4 Å². The van der Waals surface area contributed by atoms with Crippen LogP contribution >= 0.6 is 0 Å². The average molecular weight is 377 g/mol. The molecule has 0 aliphatic heterocycles. The zero-order valence-electron chi connectivity index (χ0n) is 14.8. The Morgan fingerprint density at radius 1 is 1.15 bits per heavy atom. The largest absolute Gasteiger partial charge is 0.492 e. The van der Waals surface area contributed by atoms with Crippen molar-refractivity contribution in [3.8, 4) is 5.75 Å². The fourth-order valence-corrected chi connectivity index (χ4v) is 4.18. The van der Waals surface area contributed by atoms with Crippen LogP contribution in [0.1, 0.15) is 30.7 Å². The van der Waals surface area contributed by atoms with Crippen LogP contribution in [-0.4, -0.2) is 33.9 Å². The first kappa shape index (κ1) is 18.9. The molecular formula is C20H24FNO3S. The minimum atomic E-state index is -3.23. The lowest BCUT2D eigenvalue weighted by Crippen LogP contribution is -2.34. The number of halogens is 1. The molecule has 1 saturated carbocycles. The Hall–Kier alpha value is -1.92. The molecule has 0 amide bonds. The molecule has 2 atom stereocenters. The molecule has 1 aliphatic carbocycles. The van der Waals surface area contributed by atoms with Crippen molar-refractivity contribution in [1.29, 1.82) is 0 Å². The number of ether oxygens (including phenoxy) is 1. The quantitative estimate of drug-likeness (QED) is 0.750. The van der Waals surface area contributed by atoms with E-state index >= 15 is 0 Å². The number of benzene rings is 2. The van der Waals surface area contributed by atoms with E-state index in [1.807, 2.05) is 12.1 Å². The highest BCUT2D eigenvalue weighted by Crippen LogP contribution is 2.34. The van der Waals surface area contributed by atoms with Crippen molar-refractivity contribution in [2.45, 2.75) is 36.1 Å². The van der Waals surface area contributed by atoms with Crippen LogP contribution in [0.15, 0.2) is 53.4 Å². The molecule has 6 heteroatoms. The Kier molecular flexibility index (Phi) is 5.94. The van der Waals surface area contributed by atoms with Crippen molar-refractivity contribution in [1.82, 2.24) is 5.32 Å². The smallest absolute Gasteiger partial charge is 0.175 e. The van der Waals surface area contributed by atoms with Crippen LogP contribution in [0.25, 0.3) is 0 Å². The lowest BCUT2D eigenvalue weighted by atomic mass is 9.94. The van der Waals surface area contributed by atoms with Gasteiger partial charge in [-0.15, -0.1) is 0 Å². The van der Waals surface area contributed by atoms with Crippen LogP contribution in [-0.2, 0) is 9.84 Å². The molecule has 0 aromatic heterocycles. The first-order chi connectivity index (χ1) is 12.4. The lowest BCUT2D eigenvalue weighted by molar-refractivity contribution is 0.301. The summed E-state index contributed by atoms with van der Waals surface area (Å²) in [6, 6.07) is 13.7. The first-order valence-electron chi connectivity index (χ1n) is 8.85. The predicted octanol–water partition coefficient (Wildman–Crippen LogP) is 3.53. The Morgan fingerprint density at radius 3 is 2.65 bits per heavy atom. The fourth-order valence-electron chi connectivity index (χ4n) is 3.52. The number of nitrogens with one attached hydrogen (secondary N) is 1. The summed E-state index contributed by atoms with van der Waals surface area (Å²) in [4.78, 5) is 0.259. The van der Waals surface area contributed by atoms with Gasteiger partial charge in [-0.25, -0.2) is 12.8 Å². The molecule has 3 rings (SSSR count). The zero-order chi connectivity index (χ0) is 18.6. The average Bonchev–Trinajstić information content (AvgIpc) is 3.07. The van der Waals surface area contributed by atoms with Crippen molar-refractivity contribution >= 4 is 9.84 Å². The highest BCUT2D eigenvalue weighted by molar-refractivity contribution is 7.90. The van der Waals surface area contributed by atoms with Gasteiger partial charge in [-0.3, -0.25) is 0 Å². The van der Waals surface area contributed by atoms with Crippen LogP contribution in [0.3, 0.4) is 0 Å². The molecule has 0 unspecified atom stereocenters. The summed E-state index contributed by atoms with van der Waals surface area (Å²) in [5, 5.41) is 3.52. The van der Waals surface area contributed by atoms with Crippen molar-refractivity contribution in [2.75, 3.05) is 19.4 Å². The molecule has 2 aromatic carbocycles. The molecule has 2 aromatic rings. The summed E-state index contributed by atoms with van der Waals surface area (Å²) in [5.41, 5.74) is 1.17. The van der Waals surface area contributed by atoms with Gasteiger partial charge in [0, 0.05) is 18.8 Å². The molecule has 1 aliphatic rings. The van der Waals surface area contributed by atoms with E-state index in [4.69, 9.17) is 4.74 Å². The van der Waals surface area contributed by atoms with Crippen LogP contribution < -0.4 is 10.1 Å². The van der Waals surface area contributed by atoms with Crippen LogP contribution in [0.2, 0.25) is 0 Å². The standard InChI is InChI=1S/C20H24FNO3S/c1-26(23,24)18-5-2-4-17(14-18)25-13-12-22-20-7-3-6-19(20)15-8-10-16(21)11-9-15/h2,4-5,8-11,14,19-20,22H,3,6-7,12-13H2,1H3/t19-,20-/m1/s1. The first-order valence-corrected chi connectivity index (χ1v) is 10.7. The fraction of sp³-hybridized carbons (Fsp3) is 0.400. The van der Waals surface area contributed by atoms with Gasteiger partial charge in [0.2, 0.25) is 0 Å². The maximum atomic E-state index is 13.1. The Labute approximate surface area is 154 Å². The van der Waals surface area contributed by atoms with Crippen LogP contribution in [0, 0.1) is 5.82 Å². The summed E-state index contributed by atoms with van der Waals surface area (Å²) in [6.45, 7) is 1.13. The molecule has 0 spiro atoms. The summed E-state index contributed by atoms with van der Waals surface area (Å²) < 4.78 is 42.0. The van der Waals surface area contributed by atoms with Crippen molar-refractivity contribution in [3.63, 3.8) is 0 Å². The van der Waals surface area contributed by atoms with E-state index < -0.39 is 9.84 Å². The third-order valence-corrected chi connectivity index (χ3v) is 5.94. The normalized spacial score (nSPS) is 20.2. The van der Waals surface area contributed by atoms with E-state index in [0.29, 0.717) is 30.9 Å². The van der Waals surface area contributed by atoms with Gasteiger partial charge in [-0.05, 0) is 54.7 Å². The molecule has 0 heterocycles. The minimum Gasteiger partial charge on any atom is -0.492 e. The number of hydrogen-bond donors (Lipinski definition) is 1. The molecular weight excluding hydrogens is 353 g/mol. The van der Waals surface area contributed by atoms with E-state index in [2.05, 4.69) is 5.32 Å². The minimum absolute atomic E-state index is 0.207. The van der Waals surface area contributed by atoms with Crippen LogP contribution in [0.4, 0.5) is 4.39 Å². The molecule has 0 bridgehead atoms. The maximum absolute atomic E-state index is 13.1. The third-order valence-electron chi connectivity index (χ3n) is 4.83. The van der Waals surface area contributed by atoms with Gasteiger partial charge >= 0.3 is 0 Å².